The lowest BCUT2D eigenvalue weighted by atomic mass is 9.91. The first-order chi connectivity index (χ1) is 9.19. The molecule has 100 valence electrons. The highest BCUT2D eigenvalue weighted by atomic mass is 35.5. The van der Waals surface area contributed by atoms with Gasteiger partial charge in [-0.25, -0.2) is 0 Å². The molecule has 0 aliphatic heterocycles. The molecule has 0 radical (unpaired) electrons. The van der Waals surface area contributed by atoms with Gasteiger partial charge >= 0.3 is 0 Å². The van der Waals surface area contributed by atoms with Gasteiger partial charge in [-0.1, -0.05) is 54.1 Å². The molecule has 2 aromatic rings. The molecular formula is C18H21Cl. The van der Waals surface area contributed by atoms with Gasteiger partial charge in [0.1, 0.15) is 0 Å². The van der Waals surface area contributed by atoms with Crippen molar-refractivity contribution in [3.8, 4) is 0 Å². The third-order valence-corrected chi connectivity index (χ3v) is 4.04. The quantitative estimate of drug-likeness (QED) is 0.676. The van der Waals surface area contributed by atoms with E-state index in [0.717, 1.165) is 12.8 Å². The lowest BCUT2D eigenvalue weighted by Crippen LogP contribution is -2.11. The molecular weight excluding hydrogens is 252 g/mol. The molecule has 0 heterocycles. The van der Waals surface area contributed by atoms with E-state index < -0.39 is 0 Å². The minimum atomic E-state index is 0.504. The van der Waals surface area contributed by atoms with Crippen LogP contribution in [0.5, 0.6) is 0 Å². The minimum absolute atomic E-state index is 0.504. The Kier molecular flexibility index (Phi) is 5.04. The maximum Gasteiger partial charge on any atom is 0.0258 e. The fraction of sp³-hybridized carbons (Fsp3) is 0.333. The van der Waals surface area contributed by atoms with Crippen molar-refractivity contribution >= 4 is 11.6 Å². The van der Waals surface area contributed by atoms with Gasteiger partial charge in [0, 0.05) is 5.88 Å². The minimum Gasteiger partial charge on any atom is -0.126 e. The van der Waals surface area contributed by atoms with Gasteiger partial charge in [-0.05, 0) is 49.3 Å². The zero-order valence-electron chi connectivity index (χ0n) is 11.7. The molecule has 19 heavy (non-hydrogen) atoms. The SMILES string of the molecule is Cc1ccc(C)c(CC(CCl)Cc2ccccc2)c1. The predicted molar refractivity (Wildman–Crippen MR) is 84.0 cm³/mol. The summed E-state index contributed by atoms with van der Waals surface area (Å²) in [4.78, 5) is 0. The first-order valence-corrected chi connectivity index (χ1v) is 7.38. The molecule has 0 aromatic heterocycles. The second-order valence-electron chi connectivity index (χ2n) is 5.34. The second-order valence-corrected chi connectivity index (χ2v) is 5.65. The van der Waals surface area contributed by atoms with Gasteiger partial charge in [0.15, 0.2) is 0 Å². The van der Waals surface area contributed by atoms with E-state index in [2.05, 4.69) is 62.4 Å². The van der Waals surface area contributed by atoms with Crippen LogP contribution in [0.4, 0.5) is 0 Å². The van der Waals surface area contributed by atoms with Crippen LogP contribution in [-0.4, -0.2) is 5.88 Å². The fourth-order valence-electron chi connectivity index (χ4n) is 2.46. The molecule has 0 nitrogen and oxygen atoms in total. The van der Waals surface area contributed by atoms with E-state index in [1.165, 1.54) is 22.3 Å². The Balaban J connectivity index is 2.09. The van der Waals surface area contributed by atoms with E-state index in [-0.39, 0.29) is 0 Å². The zero-order chi connectivity index (χ0) is 13.7. The molecule has 1 unspecified atom stereocenters. The maximum absolute atomic E-state index is 6.16. The van der Waals surface area contributed by atoms with Crippen LogP contribution >= 0.6 is 11.6 Å². The second kappa shape index (κ2) is 6.77. The summed E-state index contributed by atoms with van der Waals surface area (Å²) in [6, 6.07) is 17.3. The summed E-state index contributed by atoms with van der Waals surface area (Å²) in [5, 5.41) is 0. The van der Waals surface area contributed by atoms with Crippen LogP contribution in [0.25, 0.3) is 0 Å². The van der Waals surface area contributed by atoms with Crippen LogP contribution < -0.4 is 0 Å². The average Bonchev–Trinajstić information content (AvgIpc) is 2.43. The molecule has 0 fully saturated rings. The van der Waals surface area contributed by atoms with E-state index in [0.29, 0.717) is 11.8 Å². The molecule has 0 spiro atoms. The molecule has 0 bridgehead atoms. The van der Waals surface area contributed by atoms with Gasteiger partial charge in [0.25, 0.3) is 0 Å². The lowest BCUT2D eigenvalue weighted by Gasteiger charge is -2.16. The zero-order valence-corrected chi connectivity index (χ0v) is 12.5. The summed E-state index contributed by atoms with van der Waals surface area (Å²) < 4.78 is 0. The van der Waals surface area contributed by atoms with Crippen molar-refractivity contribution in [2.75, 3.05) is 5.88 Å². The van der Waals surface area contributed by atoms with Crippen molar-refractivity contribution in [3.05, 3.63) is 70.8 Å². The molecule has 0 aliphatic carbocycles. The molecule has 0 saturated carbocycles. The number of benzene rings is 2. The highest BCUT2D eigenvalue weighted by molar-refractivity contribution is 6.18. The van der Waals surface area contributed by atoms with Crippen LogP contribution in [-0.2, 0) is 12.8 Å². The Morgan fingerprint density at radius 3 is 2.37 bits per heavy atom. The van der Waals surface area contributed by atoms with Crippen molar-refractivity contribution in [1.82, 2.24) is 0 Å². The highest BCUT2D eigenvalue weighted by Gasteiger charge is 2.11. The van der Waals surface area contributed by atoms with Crippen molar-refractivity contribution in [1.29, 1.82) is 0 Å². The number of alkyl halides is 1. The van der Waals surface area contributed by atoms with Crippen molar-refractivity contribution in [2.45, 2.75) is 26.7 Å². The topological polar surface area (TPSA) is 0 Å². The Bertz CT molecular complexity index is 516. The van der Waals surface area contributed by atoms with Crippen molar-refractivity contribution in [2.24, 2.45) is 5.92 Å². The monoisotopic (exact) mass is 272 g/mol. The van der Waals surface area contributed by atoms with Gasteiger partial charge < -0.3 is 0 Å². The summed E-state index contributed by atoms with van der Waals surface area (Å²) in [7, 11) is 0. The van der Waals surface area contributed by atoms with Gasteiger partial charge in [-0.2, -0.15) is 0 Å². The van der Waals surface area contributed by atoms with E-state index in [4.69, 9.17) is 11.6 Å². The standard InChI is InChI=1S/C18H21Cl/c1-14-8-9-15(2)18(10-14)12-17(13-19)11-16-6-4-3-5-7-16/h3-10,17H,11-13H2,1-2H3. The largest absolute Gasteiger partial charge is 0.126 e. The lowest BCUT2D eigenvalue weighted by molar-refractivity contribution is 0.582. The Labute approximate surface area is 121 Å². The van der Waals surface area contributed by atoms with Gasteiger partial charge in [0.2, 0.25) is 0 Å². The van der Waals surface area contributed by atoms with E-state index >= 15 is 0 Å². The summed E-state index contributed by atoms with van der Waals surface area (Å²) >= 11 is 6.16. The normalized spacial score (nSPS) is 12.4. The molecule has 0 amide bonds. The molecule has 1 heteroatoms. The summed E-state index contributed by atoms with van der Waals surface area (Å²) in [6.07, 6.45) is 2.11. The number of halogens is 1. The summed E-state index contributed by atoms with van der Waals surface area (Å²) in [6.45, 7) is 4.33. The summed E-state index contributed by atoms with van der Waals surface area (Å²) in [5.41, 5.74) is 5.50. The van der Waals surface area contributed by atoms with Gasteiger partial charge in [-0.3, -0.25) is 0 Å². The molecule has 2 rings (SSSR count). The summed E-state index contributed by atoms with van der Waals surface area (Å²) in [5.74, 6) is 1.21. The van der Waals surface area contributed by atoms with E-state index in [1.54, 1.807) is 0 Å². The Morgan fingerprint density at radius 2 is 1.68 bits per heavy atom. The molecule has 1 atom stereocenters. The first kappa shape index (κ1) is 14.1. The molecule has 0 N–H and O–H groups in total. The van der Waals surface area contributed by atoms with Crippen molar-refractivity contribution in [3.63, 3.8) is 0 Å². The van der Waals surface area contributed by atoms with Gasteiger partial charge in [-0.15, -0.1) is 11.6 Å². The van der Waals surface area contributed by atoms with E-state index in [1.807, 2.05) is 0 Å². The molecule has 2 aromatic carbocycles. The predicted octanol–water partition coefficient (Wildman–Crippen LogP) is 4.94. The third-order valence-electron chi connectivity index (χ3n) is 3.60. The van der Waals surface area contributed by atoms with Crippen LogP contribution in [0, 0.1) is 19.8 Å². The van der Waals surface area contributed by atoms with E-state index in [9.17, 15) is 0 Å². The van der Waals surface area contributed by atoms with Crippen molar-refractivity contribution < 1.29 is 0 Å². The number of rotatable bonds is 5. The van der Waals surface area contributed by atoms with Crippen LogP contribution in [0.15, 0.2) is 48.5 Å². The molecule has 0 aliphatic rings. The highest BCUT2D eigenvalue weighted by Crippen LogP contribution is 2.19. The average molecular weight is 273 g/mol. The Hall–Kier alpha value is -1.27. The fourth-order valence-corrected chi connectivity index (χ4v) is 2.68. The van der Waals surface area contributed by atoms with Gasteiger partial charge in [0.05, 0.1) is 0 Å². The van der Waals surface area contributed by atoms with Crippen LogP contribution in [0.2, 0.25) is 0 Å². The Morgan fingerprint density at radius 1 is 0.947 bits per heavy atom. The maximum atomic E-state index is 6.16. The third kappa shape index (κ3) is 4.11. The number of aryl methyl sites for hydroxylation is 2. The first-order valence-electron chi connectivity index (χ1n) is 6.85. The smallest absolute Gasteiger partial charge is 0.0258 e. The van der Waals surface area contributed by atoms with Crippen LogP contribution in [0.3, 0.4) is 0 Å². The number of hydrogen-bond donors (Lipinski definition) is 0. The van der Waals surface area contributed by atoms with Crippen LogP contribution in [0.1, 0.15) is 22.3 Å². The number of hydrogen-bond acceptors (Lipinski definition) is 0. The molecule has 0 saturated heterocycles.